The van der Waals surface area contributed by atoms with Crippen molar-refractivity contribution in [1.82, 2.24) is 15.1 Å². The first-order valence-corrected chi connectivity index (χ1v) is 11.8. The number of hydrogen-bond acceptors (Lipinski definition) is 6. The van der Waals surface area contributed by atoms with Crippen molar-refractivity contribution in [3.8, 4) is 17.2 Å². The van der Waals surface area contributed by atoms with Crippen LogP contribution in [0.4, 0.5) is 4.79 Å². The van der Waals surface area contributed by atoms with E-state index in [0.717, 1.165) is 24.0 Å². The fraction of sp³-hybridized carbons (Fsp3) is 0.560. The highest BCUT2D eigenvalue weighted by Gasteiger charge is 2.52. The van der Waals surface area contributed by atoms with Crippen LogP contribution in [0.5, 0.6) is 17.2 Å². The van der Waals surface area contributed by atoms with Gasteiger partial charge in [-0.05, 0) is 31.3 Å². The first-order valence-electron chi connectivity index (χ1n) is 11.8. The fourth-order valence-electron chi connectivity index (χ4n) is 5.19. The molecule has 9 nitrogen and oxygen atoms in total. The van der Waals surface area contributed by atoms with Gasteiger partial charge in [-0.25, -0.2) is 4.79 Å². The summed E-state index contributed by atoms with van der Waals surface area (Å²) in [5, 5.41) is 2.88. The summed E-state index contributed by atoms with van der Waals surface area (Å²) >= 11 is 0. The van der Waals surface area contributed by atoms with Gasteiger partial charge in [0.2, 0.25) is 5.91 Å². The maximum absolute atomic E-state index is 12.8. The lowest BCUT2D eigenvalue weighted by Crippen LogP contribution is -2.44. The van der Waals surface area contributed by atoms with Gasteiger partial charge in [0.15, 0.2) is 0 Å². The van der Waals surface area contributed by atoms with E-state index in [0.29, 0.717) is 62.4 Å². The van der Waals surface area contributed by atoms with E-state index in [-0.39, 0.29) is 24.4 Å². The number of imide groups is 1. The van der Waals surface area contributed by atoms with Gasteiger partial charge in [-0.2, -0.15) is 0 Å². The summed E-state index contributed by atoms with van der Waals surface area (Å²) < 4.78 is 16.5. The van der Waals surface area contributed by atoms with E-state index in [1.165, 1.54) is 4.90 Å². The number of carbonyl (C=O) groups is 3. The Hall–Kier alpha value is -3.23. The Balaban J connectivity index is 1.34. The van der Waals surface area contributed by atoms with Gasteiger partial charge in [-0.3, -0.25) is 14.5 Å². The molecule has 0 atom stereocenters. The Bertz CT molecular complexity index is 973. The molecule has 0 bridgehead atoms. The largest absolute Gasteiger partial charge is 0.496 e. The van der Waals surface area contributed by atoms with E-state index in [1.807, 2.05) is 18.2 Å². The summed E-state index contributed by atoms with van der Waals surface area (Å²) in [5.41, 5.74) is 1.23. The van der Waals surface area contributed by atoms with Crippen LogP contribution in [0.1, 0.15) is 50.5 Å². The average Bonchev–Trinajstić information content (AvgIpc) is 3.42. The molecular weight excluding hydrogens is 438 g/mol. The number of amides is 4. The zero-order valence-corrected chi connectivity index (χ0v) is 20.1. The molecule has 2 heterocycles. The average molecular weight is 472 g/mol. The normalized spacial score (nSPS) is 19.3. The van der Waals surface area contributed by atoms with Gasteiger partial charge < -0.3 is 24.4 Å². The molecule has 1 aromatic carbocycles. The van der Waals surface area contributed by atoms with Gasteiger partial charge in [-0.15, -0.1) is 0 Å². The van der Waals surface area contributed by atoms with Crippen LogP contribution in [0.25, 0.3) is 5.57 Å². The predicted octanol–water partition coefficient (Wildman–Crippen LogP) is 2.97. The molecule has 1 spiro atoms. The van der Waals surface area contributed by atoms with E-state index in [4.69, 9.17) is 14.2 Å². The topological polar surface area (TPSA) is 97.4 Å². The molecule has 1 aromatic rings. The standard InChI is InChI=1S/C25H33N3O6/c1-32-18-15-19(33-2)22(20(16-18)34-3)17-8-13-27(14-9-17)21(29)7-6-12-28-23(30)25(26-24(28)31)10-4-5-11-25/h8,15-16H,4-7,9-14H2,1-3H3,(H,26,31). The molecular formula is C25H33N3O6. The Kier molecular flexibility index (Phi) is 7.00. The highest BCUT2D eigenvalue weighted by Crippen LogP contribution is 2.41. The lowest BCUT2D eigenvalue weighted by molar-refractivity contribution is -0.133. The number of carbonyl (C=O) groups excluding carboxylic acids is 3. The van der Waals surface area contributed by atoms with Crippen molar-refractivity contribution in [2.75, 3.05) is 41.0 Å². The van der Waals surface area contributed by atoms with Crippen molar-refractivity contribution in [2.24, 2.45) is 0 Å². The van der Waals surface area contributed by atoms with Gasteiger partial charge in [0.1, 0.15) is 22.8 Å². The third kappa shape index (κ3) is 4.43. The lowest BCUT2D eigenvalue weighted by atomic mass is 9.97. The molecule has 4 rings (SSSR count). The number of nitrogens with zero attached hydrogens (tertiary/aromatic N) is 2. The van der Waals surface area contributed by atoms with E-state index >= 15 is 0 Å². The van der Waals surface area contributed by atoms with Crippen molar-refractivity contribution in [2.45, 2.75) is 50.5 Å². The zero-order chi connectivity index (χ0) is 24.3. The van der Waals surface area contributed by atoms with Crippen molar-refractivity contribution in [3.05, 3.63) is 23.8 Å². The van der Waals surface area contributed by atoms with Crippen LogP contribution in [-0.4, -0.2) is 74.1 Å². The minimum absolute atomic E-state index is 0.0200. The molecule has 1 N–H and O–H groups in total. The van der Waals surface area contributed by atoms with E-state index in [1.54, 1.807) is 26.2 Å². The monoisotopic (exact) mass is 471 g/mol. The third-order valence-electron chi connectivity index (χ3n) is 7.07. The number of hydrogen-bond donors (Lipinski definition) is 1. The van der Waals surface area contributed by atoms with Crippen LogP contribution in [0.2, 0.25) is 0 Å². The van der Waals surface area contributed by atoms with E-state index in [9.17, 15) is 14.4 Å². The number of methoxy groups -OCH3 is 3. The minimum Gasteiger partial charge on any atom is -0.496 e. The second kappa shape index (κ2) is 9.95. The van der Waals surface area contributed by atoms with Crippen molar-refractivity contribution in [3.63, 3.8) is 0 Å². The maximum atomic E-state index is 12.8. The Morgan fingerprint density at radius 2 is 1.74 bits per heavy atom. The number of rotatable bonds is 8. The molecule has 34 heavy (non-hydrogen) atoms. The number of benzene rings is 1. The van der Waals surface area contributed by atoms with Crippen LogP contribution in [0, 0.1) is 0 Å². The summed E-state index contributed by atoms with van der Waals surface area (Å²) in [6.07, 6.45) is 6.77. The summed E-state index contributed by atoms with van der Waals surface area (Å²) in [7, 11) is 4.81. The Labute approximate surface area is 200 Å². The molecule has 2 fully saturated rings. The number of urea groups is 1. The SMILES string of the molecule is COc1cc(OC)c(C2=CCN(C(=O)CCCN3C(=O)NC4(CCCC4)C3=O)CC2)c(OC)c1. The molecule has 1 saturated heterocycles. The maximum Gasteiger partial charge on any atom is 0.325 e. The summed E-state index contributed by atoms with van der Waals surface area (Å²) in [6, 6.07) is 3.32. The van der Waals surface area contributed by atoms with Gasteiger partial charge in [-0.1, -0.05) is 18.9 Å². The van der Waals surface area contributed by atoms with Crippen molar-refractivity contribution >= 4 is 23.4 Å². The first-order chi connectivity index (χ1) is 16.4. The molecule has 3 aliphatic rings. The van der Waals surface area contributed by atoms with Crippen molar-refractivity contribution in [1.29, 1.82) is 0 Å². The first kappa shape index (κ1) is 23.9. The van der Waals surface area contributed by atoms with E-state index in [2.05, 4.69) is 5.32 Å². The van der Waals surface area contributed by atoms with Gasteiger partial charge >= 0.3 is 6.03 Å². The zero-order valence-electron chi connectivity index (χ0n) is 20.1. The molecule has 1 aliphatic carbocycles. The minimum atomic E-state index is -0.696. The van der Waals surface area contributed by atoms with E-state index < -0.39 is 5.54 Å². The quantitative estimate of drug-likeness (QED) is 0.586. The van der Waals surface area contributed by atoms with Gasteiger partial charge in [0, 0.05) is 38.2 Å². The predicted molar refractivity (Wildman–Crippen MR) is 126 cm³/mol. The van der Waals surface area contributed by atoms with Crippen LogP contribution in [0.15, 0.2) is 18.2 Å². The number of ether oxygens (including phenoxy) is 3. The molecule has 4 amide bonds. The van der Waals surface area contributed by atoms with Crippen LogP contribution >= 0.6 is 0 Å². The third-order valence-corrected chi connectivity index (χ3v) is 7.07. The lowest BCUT2D eigenvalue weighted by Gasteiger charge is -2.28. The highest BCUT2D eigenvalue weighted by atomic mass is 16.5. The fourth-order valence-corrected chi connectivity index (χ4v) is 5.19. The Morgan fingerprint density at radius 1 is 1.06 bits per heavy atom. The van der Waals surface area contributed by atoms with Crippen LogP contribution in [-0.2, 0) is 9.59 Å². The summed E-state index contributed by atoms with van der Waals surface area (Å²) in [4.78, 5) is 40.9. The molecule has 0 aromatic heterocycles. The van der Waals surface area contributed by atoms with Crippen molar-refractivity contribution < 1.29 is 28.6 Å². The molecule has 0 radical (unpaired) electrons. The molecule has 0 unspecified atom stereocenters. The summed E-state index contributed by atoms with van der Waals surface area (Å²) in [6.45, 7) is 1.33. The molecule has 1 saturated carbocycles. The van der Waals surface area contributed by atoms with Gasteiger partial charge in [0.05, 0.1) is 26.9 Å². The second-order valence-corrected chi connectivity index (χ2v) is 9.01. The summed E-state index contributed by atoms with van der Waals surface area (Å²) in [5.74, 6) is 1.86. The Morgan fingerprint density at radius 3 is 2.29 bits per heavy atom. The molecule has 2 aliphatic heterocycles. The second-order valence-electron chi connectivity index (χ2n) is 9.01. The highest BCUT2D eigenvalue weighted by molar-refractivity contribution is 6.07. The van der Waals surface area contributed by atoms with Crippen LogP contribution < -0.4 is 19.5 Å². The molecule has 9 heteroatoms. The van der Waals surface area contributed by atoms with Crippen LogP contribution in [0.3, 0.4) is 0 Å². The molecule has 184 valence electrons. The number of nitrogens with one attached hydrogen (secondary N) is 1. The van der Waals surface area contributed by atoms with Gasteiger partial charge in [0.25, 0.3) is 5.91 Å². The smallest absolute Gasteiger partial charge is 0.325 e.